The van der Waals surface area contributed by atoms with Gasteiger partial charge in [-0.2, -0.15) is 0 Å². The van der Waals surface area contributed by atoms with Gasteiger partial charge >= 0.3 is 0 Å². The van der Waals surface area contributed by atoms with Gasteiger partial charge in [-0.3, -0.25) is 4.79 Å². The van der Waals surface area contributed by atoms with Crippen LogP contribution in [0.15, 0.2) is 34.9 Å². The first-order chi connectivity index (χ1) is 10.2. The maximum absolute atomic E-state index is 12.1. The molecule has 112 valence electrons. The maximum atomic E-state index is 12.1. The number of amides is 1. The van der Waals surface area contributed by atoms with E-state index in [-0.39, 0.29) is 18.3 Å². The van der Waals surface area contributed by atoms with Crippen LogP contribution in [-0.2, 0) is 6.61 Å². The predicted octanol–water partition coefficient (Wildman–Crippen LogP) is 3.32. The van der Waals surface area contributed by atoms with Gasteiger partial charge in [0.1, 0.15) is 0 Å². The Bertz CT molecular complexity index is 603. The fourth-order valence-electron chi connectivity index (χ4n) is 2.24. The summed E-state index contributed by atoms with van der Waals surface area (Å²) >= 11 is 0. The van der Waals surface area contributed by atoms with Crippen molar-refractivity contribution in [2.75, 3.05) is 5.32 Å². The molecular weight excluding hydrogens is 268 g/mol. The van der Waals surface area contributed by atoms with E-state index in [4.69, 9.17) is 9.63 Å². The van der Waals surface area contributed by atoms with Crippen LogP contribution >= 0.6 is 0 Å². The number of rotatable bonds is 6. The molecule has 2 aromatic rings. The number of carbonyl (C=O) groups is 1. The minimum Gasteiger partial charge on any atom is -0.392 e. The minimum absolute atomic E-state index is 0.0646. The van der Waals surface area contributed by atoms with E-state index >= 15 is 0 Å². The Hall–Kier alpha value is -2.14. The minimum atomic E-state index is -0.338. The van der Waals surface area contributed by atoms with Crippen LogP contribution in [0.5, 0.6) is 0 Å². The van der Waals surface area contributed by atoms with Crippen molar-refractivity contribution in [3.05, 3.63) is 47.3 Å². The van der Waals surface area contributed by atoms with Gasteiger partial charge in [0.2, 0.25) is 5.76 Å². The fourth-order valence-corrected chi connectivity index (χ4v) is 2.24. The second-order valence-electron chi connectivity index (χ2n) is 4.94. The molecule has 0 aliphatic carbocycles. The average molecular weight is 288 g/mol. The standard InChI is InChI=1S/C16H20N2O3/c1-3-12(4-2)14-9-15(21-18-14)16(20)17-13-7-5-6-11(8-13)10-19/h5-9,12,19H,3-4,10H2,1-2H3,(H,17,20). The van der Waals surface area contributed by atoms with Gasteiger partial charge in [-0.25, -0.2) is 0 Å². The molecule has 0 aliphatic rings. The third-order valence-electron chi connectivity index (χ3n) is 3.52. The van der Waals surface area contributed by atoms with Crippen LogP contribution in [-0.4, -0.2) is 16.2 Å². The first kappa shape index (κ1) is 15.3. The first-order valence-electron chi connectivity index (χ1n) is 7.15. The predicted molar refractivity (Wildman–Crippen MR) is 80.1 cm³/mol. The number of hydrogen-bond donors (Lipinski definition) is 2. The van der Waals surface area contributed by atoms with Crippen LogP contribution in [0.2, 0.25) is 0 Å². The number of anilines is 1. The maximum Gasteiger partial charge on any atom is 0.294 e. The molecule has 0 unspecified atom stereocenters. The fraction of sp³-hybridized carbons (Fsp3) is 0.375. The second-order valence-corrected chi connectivity index (χ2v) is 4.94. The summed E-state index contributed by atoms with van der Waals surface area (Å²) in [6, 6.07) is 8.74. The zero-order chi connectivity index (χ0) is 15.2. The number of nitrogens with zero attached hydrogens (tertiary/aromatic N) is 1. The van der Waals surface area contributed by atoms with Crippen molar-refractivity contribution in [2.24, 2.45) is 0 Å². The molecule has 0 aliphatic heterocycles. The van der Waals surface area contributed by atoms with E-state index < -0.39 is 0 Å². The highest BCUT2D eigenvalue weighted by Crippen LogP contribution is 2.23. The van der Waals surface area contributed by atoms with Crippen LogP contribution in [0.3, 0.4) is 0 Å². The Labute approximate surface area is 124 Å². The number of aromatic nitrogens is 1. The normalized spacial score (nSPS) is 10.9. The molecule has 0 fully saturated rings. The number of hydrogen-bond acceptors (Lipinski definition) is 4. The smallest absolute Gasteiger partial charge is 0.294 e. The summed E-state index contributed by atoms with van der Waals surface area (Å²) in [5, 5.41) is 15.8. The van der Waals surface area contributed by atoms with Gasteiger partial charge in [-0.15, -0.1) is 0 Å². The zero-order valence-corrected chi connectivity index (χ0v) is 12.3. The van der Waals surface area contributed by atoms with E-state index in [0.717, 1.165) is 24.1 Å². The third-order valence-corrected chi connectivity index (χ3v) is 3.52. The van der Waals surface area contributed by atoms with Gasteiger partial charge in [-0.05, 0) is 30.5 Å². The second kappa shape index (κ2) is 7.04. The highest BCUT2D eigenvalue weighted by molar-refractivity contribution is 6.02. The van der Waals surface area contributed by atoms with Crippen molar-refractivity contribution >= 4 is 11.6 Å². The number of carbonyl (C=O) groups excluding carboxylic acids is 1. The first-order valence-corrected chi connectivity index (χ1v) is 7.15. The molecule has 0 saturated heterocycles. The van der Waals surface area contributed by atoms with Crippen LogP contribution in [0, 0.1) is 0 Å². The van der Waals surface area contributed by atoms with Crippen molar-refractivity contribution in [3.8, 4) is 0 Å². The molecule has 0 atom stereocenters. The van der Waals surface area contributed by atoms with Gasteiger partial charge < -0.3 is 14.9 Å². The van der Waals surface area contributed by atoms with E-state index in [1.165, 1.54) is 0 Å². The van der Waals surface area contributed by atoms with Crippen LogP contribution < -0.4 is 5.32 Å². The molecule has 2 rings (SSSR count). The Kier molecular flexibility index (Phi) is 5.11. The van der Waals surface area contributed by atoms with E-state index in [1.807, 2.05) is 0 Å². The van der Waals surface area contributed by atoms with Crippen LogP contribution in [0.25, 0.3) is 0 Å². The van der Waals surface area contributed by atoms with E-state index in [9.17, 15) is 4.79 Å². The number of aliphatic hydroxyl groups excluding tert-OH is 1. The van der Waals surface area contributed by atoms with Gasteiger partial charge in [0.05, 0.1) is 12.3 Å². The van der Waals surface area contributed by atoms with E-state index in [0.29, 0.717) is 11.6 Å². The Morgan fingerprint density at radius 1 is 1.33 bits per heavy atom. The number of nitrogens with one attached hydrogen (secondary N) is 1. The lowest BCUT2D eigenvalue weighted by Crippen LogP contribution is -2.11. The molecule has 0 bridgehead atoms. The van der Waals surface area contributed by atoms with Crippen molar-refractivity contribution in [3.63, 3.8) is 0 Å². The summed E-state index contributed by atoms with van der Waals surface area (Å²) in [6.45, 7) is 4.11. The van der Waals surface area contributed by atoms with Crippen molar-refractivity contribution in [1.29, 1.82) is 0 Å². The van der Waals surface area contributed by atoms with Crippen molar-refractivity contribution in [2.45, 2.75) is 39.2 Å². The molecule has 0 radical (unpaired) electrons. The lowest BCUT2D eigenvalue weighted by Gasteiger charge is -2.06. The SMILES string of the molecule is CCC(CC)c1cc(C(=O)Nc2cccc(CO)c2)on1. The molecule has 1 aromatic heterocycles. The largest absolute Gasteiger partial charge is 0.392 e. The van der Waals surface area contributed by atoms with Gasteiger partial charge in [-0.1, -0.05) is 31.1 Å². The molecule has 2 N–H and O–H groups in total. The monoisotopic (exact) mass is 288 g/mol. The molecule has 0 spiro atoms. The summed E-state index contributed by atoms with van der Waals surface area (Å²) in [7, 11) is 0. The molecule has 1 aromatic carbocycles. The van der Waals surface area contributed by atoms with Gasteiger partial charge in [0.15, 0.2) is 0 Å². The lowest BCUT2D eigenvalue weighted by molar-refractivity contribution is 0.0987. The molecule has 5 nitrogen and oxygen atoms in total. The van der Waals surface area contributed by atoms with Gasteiger partial charge in [0, 0.05) is 17.7 Å². The average Bonchev–Trinajstić information content (AvgIpc) is 2.98. The molecule has 1 heterocycles. The van der Waals surface area contributed by atoms with E-state index in [2.05, 4.69) is 24.3 Å². The Morgan fingerprint density at radius 3 is 2.76 bits per heavy atom. The zero-order valence-electron chi connectivity index (χ0n) is 12.3. The van der Waals surface area contributed by atoms with E-state index in [1.54, 1.807) is 30.3 Å². The van der Waals surface area contributed by atoms with Gasteiger partial charge in [0.25, 0.3) is 5.91 Å². The lowest BCUT2D eigenvalue weighted by atomic mass is 9.99. The van der Waals surface area contributed by atoms with Crippen molar-refractivity contribution in [1.82, 2.24) is 5.16 Å². The summed E-state index contributed by atoms with van der Waals surface area (Å²) < 4.78 is 5.13. The highest BCUT2D eigenvalue weighted by Gasteiger charge is 2.17. The quantitative estimate of drug-likeness (QED) is 0.855. The molecule has 0 saturated carbocycles. The summed E-state index contributed by atoms with van der Waals surface area (Å²) in [6.07, 6.45) is 1.92. The summed E-state index contributed by atoms with van der Waals surface area (Å²) in [5.74, 6) is 0.175. The van der Waals surface area contributed by atoms with Crippen molar-refractivity contribution < 1.29 is 14.4 Å². The summed E-state index contributed by atoms with van der Waals surface area (Å²) in [4.78, 5) is 12.1. The molecule has 1 amide bonds. The van der Waals surface area contributed by atoms with Crippen LogP contribution in [0.4, 0.5) is 5.69 Å². The Morgan fingerprint density at radius 2 is 2.10 bits per heavy atom. The topological polar surface area (TPSA) is 75.4 Å². The molecule has 5 heteroatoms. The molecule has 21 heavy (non-hydrogen) atoms. The summed E-state index contributed by atoms with van der Waals surface area (Å²) in [5.41, 5.74) is 2.17. The number of benzene rings is 1. The Balaban J connectivity index is 2.09. The highest BCUT2D eigenvalue weighted by atomic mass is 16.5. The number of aliphatic hydroxyl groups is 1. The van der Waals surface area contributed by atoms with Crippen LogP contribution in [0.1, 0.15) is 54.4 Å². The molecular formula is C16H20N2O3. The third kappa shape index (κ3) is 3.70.